The second kappa shape index (κ2) is 11.8. The molecule has 0 saturated carbocycles. The smallest absolute Gasteiger partial charge is 0.416 e. The van der Waals surface area contributed by atoms with Crippen molar-refractivity contribution in [3.05, 3.63) is 99.6 Å². The third kappa shape index (κ3) is 7.08. The van der Waals surface area contributed by atoms with E-state index in [-0.39, 0.29) is 18.2 Å². The Balaban J connectivity index is 1.72. The lowest BCUT2D eigenvalue weighted by Crippen LogP contribution is -2.31. The van der Waals surface area contributed by atoms with Crippen LogP contribution in [0, 0.1) is 0 Å². The maximum absolute atomic E-state index is 13.4. The summed E-state index contributed by atoms with van der Waals surface area (Å²) in [4.78, 5) is 15.3. The quantitative estimate of drug-likeness (QED) is 0.266. The number of aryl methyl sites for hydroxylation is 2. The van der Waals surface area contributed by atoms with Crippen molar-refractivity contribution in [2.45, 2.75) is 64.6 Å². The van der Waals surface area contributed by atoms with E-state index in [1.165, 1.54) is 5.56 Å². The number of amides is 1. The second-order valence-electron chi connectivity index (χ2n) is 10.1. The Morgan fingerprint density at radius 1 is 0.800 bits per heavy atom. The lowest BCUT2D eigenvalue weighted by Gasteiger charge is -2.30. The number of carboxylic acid groups (broad SMARTS) is 1. The Kier molecular flexibility index (Phi) is 8.65. The Morgan fingerprint density at radius 3 is 1.95 bits per heavy atom. The van der Waals surface area contributed by atoms with Gasteiger partial charge in [0.1, 0.15) is 0 Å². The number of nitrogens with zero attached hydrogens (tertiary/aromatic N) is 2. The normalized spacial score (nSPS) is 13.3. The highest BCUT2D eigenvalue weighted by molar-refractivity contribution is 5.67. The molecule has 0 fully saturated rings. The van der Waals surface area contributed by atoms with Crippen LogP contribution in [0.3, 0.4) is 0 Å². The molecule has 0 aliphatic heterocycles. The molecule has 1 aliphatic rings. The van der Waals surface area contributed by atoms with E-state index >= 15 is 0 Å². The van der Waals surface area contributed by atoms with E-state index < -0.39 is 36.1 Å². The predicted octanol–water partition coefficient (Wildman–Crippen LogP) is 8.31. The van der Waals surface area contributed by atoms with Crippen molar-refractivity contribution in [1.82, 2.24) is 4.90 Å². The molecule has 1 aliphatic carbocycles. The van der Waals surface area contributed by atoms with Gasteiger partial charge in [0, 0.05) is 25.3 Å². The molecule has 3 aromatic rings. The van der Waals surface area contributed by atoms with Crippen molar-refractivity contribution in [1.29, 1.82) is 0 Å². The summed E-state index contributed by atoms with van der Waals surface area (Å²) in [6, 6.07) is 14.9. The highest BCUT2D eigenvalue weighted by Gasteiger charge is 2.37. The number of rotatable bonds is 9. The van der Waals surface area contributed by atoms with Gasteiger partial charge in [-0.15, -0.1) is 0 Å². The number of hydrogen-bond acceptors (Lipinski definition) is 2. The van der Waals surface area contributed by atoms with E-state index in [2.05, 4.69) is 11.0 Å². The van der Waals surface area contributed by atoms with Crippen molar-refractivity contribution < 1.29 is 36.2 Å². The molecule has 1 amide bonds. The van der Waals surface area contributed by atoms with Gasteiger partial charge in [0.2, 0.25) is 0 Å². The minimum atomic E-state index is -5.02. The van der Waals surface area contributed by atoms with Gasteiger partial charge in [0.05, 0.1) is 17.7 Å². The van der Waals surface area contributed by atoms with Gasteiger partial charge in [0.25, 0.3) is 0 Å². The van der Waals surface area contributed by atoms with Gasteiger partial charge in [-0.1, -0.05) is 43.3 Å². The van der Waals surface area contributed by atoms with Crippen molar-refractivity contribution >= 4 is 11.8 Å². The van der Waals surface area contributed by atoms with Gasteiger partial charge < -0.3 is 10.0 Å². The third-order valence-corrected chi connectivity index (χ3v) is 7.00. The number of fused-ring (bicyclic) bond motifs is 1. The fourth-order valence-electron chi connectivity index (χ4n) is 5.17. The van der Waals surface area contributed by atoms with Crippen LogP contribution in [0.2, 0.25) is 0 Å². The number of halogens is 6. The van der Waals surface area contributed by atoms with Gasteiger partial charge in [0.15, 0.2) is 0 Å². The van der Waals surface area contributed by atoms with Gasteiger partial charge in [-0.3, -0.25) is 4.90 Å². The Morgan fingerprint density at radius 2 is 1.40 bits per heavy atom. The van der Waals surface area contributed by atoms with E-state index in [1.54, 1.807) is 0 Å². The van der Waals surface area contributed by atoms with Crippen molar-refractivity contribution in [2.24, 2.45) is 0 Å². The first-order chi connectivity index (χ1) is 18.8. The number of alkyl halides is 6. The van der Waals surface area contributed by atoms with Gasteiger partial charge in [-0.05, 0) is 77.8 Å². The van der Waals surface area contributed by atoms with Crippen LogP contribution in [0.5, 0.6) is 0 Å². The first-order valence-corrected chi connectivity index (χ1v) is 13.0. The molecule has 0 atom stereocenters. The van der Waals surface area contributed by atoms with Crippen LogP contribution in [0.4, 0.5) is 36.8 Å². The van der Waals surface area contributed by atoms with Crippen molar-refractivity contribution in [3.63, 3.8) is 0 Å². The SMILES string of the molecule is CCCN(Cc1ccccc1)c1cc2c(cc1CN(Cc1cc(C(F)(F)F)cc(C(F)(F)F)c1)C(=O)O)CCC2. The molecule has 0 heterocycles. The Bertz CT molecular complexity index is 1310. The minimum Gasteiger partial charge on any atom is -0.465 e. The highest BCUT2D eigenvalue weighted by atomic mass is 19.4. The summed E-state index contributed by atoms with van der Waals surface area (Å²) in [7, 11) is 0. The molecular formula is C30H30F6N2O2. The lowest BCUT2D eigenvalue weighted by molar-refractivity contribution is -0.143. The molecule has 4 nitrogen and oxygen atoms in total. The van der Waals surface area contributed by atoms with Crippen molar-refractivity contribution in [3.8, 4) is 0 Å². The minimum absolute atomic E-state index is 0.0411. The number of hydrogen-bond donors (Lipinski definition) is 1. The summed E-state index contributed by atoms with van der Waals surface area (Å²) >= 11 is 0. The first-order valence-electron chi connectivity index (χ1n) is 13.0. The molecule has 0 saturated heterocycles. The summed E-state index contributed by atoms with van der Waals surface area (Å²) in [6.45, 7) is 2.45. The molecule has 0 bridgehead atoms. The van der Waals surface area contributed by atoms with E-state index in [1.807, 2.05) is 43.3 Å². The largest absolute Gasteiger partial charge is 0.465 e. The number of anilines is 1. The molecule has 10 heteroatoms. The topological polar surface area (TPSA) is 43.8 Å². The molecule has 214 valence electrons. The van der Waals surface area contributed by atoms with Crippen LogP contribution < -0.4 is 4.90 Å². The molecule has 0 aromatic heterocycles. The van der Waals surface area contributed by atoms with E-state index in [0.717, 1.165) is 47.4 Å². The van der Waals surface area contributed by atoms with Crippen LogP contribution in [0.15, 0.2) is 60.7 Å². The average Bonchev–Trinajstić information content (AvgIpc) is 3.34. The molecule has 0 unspecified atom stereocenters. The molecule has 40 heavy (non-hydrogen) atoms. The number of carbonyl (C=O) groups is 1. The maximum atomic E-state index is 13.4. The maximum Gasteiger partial charge on any atom is 0.416 e. The van der Waals surface area contributed by atoms with Crippen LogP contribution in [-0.4, -0.2) is 22.6 Å². The van der Waals surface area contributed by atoms with Gasteiger partial charge in [-0.25, -0.2) is 4.79 Å². The van der Waals surface area contributed by atoms with Crippen LogP contribution >= 0.6 is 0 Å². The van der Waals surface area contributed by atoms with E-state index in [0.29, 0.717) is 30.8 Å². The standard InChI is InChI=1S/C30H30F6N2O2/c1-2-11-37(17-20-7-4-3-5-8-20)27-15-23-10-6-9-22(23)14-24(27)19-38(28(39)40)18-21-12-25(29(31,32)33)16-26(13-21)30(34,35)36/h3-5,7-8,12-16H,2,6,9-11,17-19H2,1H3,(H,39,40). The molecule has 3 aromatic carbocycles. The fraction of sp³-hybridized carbons (Fsp3) is 0.367. The van der Waals surface area contributed by atoms with Crippen LogP contribution in [-0.2, 0) is 44.8 Å². The van der Waals surface area contributed by atoms with Crippen molar-refractivity contribution in [2.75, 3.05) is 11.4 Å². The molecular weight excluding hydrogens is 534 g/mol. The second-order valence-corrected chi connectivity index (χ2v) is 10.1. The monoisotopic (exact) mass is 564 g/mol. The first kappa shape index (κ1) is 29.3. The zero-order chi connectivity index (χ0) is 29.1. The highest BCUT2D eigenvalue weighted by Crippen LogP contribution is 2.37. The zero-order valence-electron chi connectivity index (χ0n) is 21.9. The zero-order valence-corrected chi connectivity index (χ0v) is 21.9. The van der Waals surface area contributed by atoms with E-state index in [4.69, 9.17) is 0 Å². The Hall–Kier alpha value is -3.69. The summed E-state index contributed by atoms with van der Waals surface area (Å²) in [5, 5.41) is 9.98. The molecule has 1 N–H and O–H groups in total. The number of benzene rings is 3. The lowest BCUT2D eigenvalue weighted by atomic mass is 10.0. The summed E-state index contributed by atoms with van der Waals surface area (Å²) < 4.78 is 80.4. The molecule has 0 radical (unpaired) electrons. The third-order valence-electron chi connectivity index (χ3n) is 7.00. The van der Waals surface area contributed by atoms with Gasteiger partial charge in [-0.2, -0.15) is 26.3 Å². The summed E-state index contributed by atoms with van der Waals surface area (Å²) in [5.41, 5.74) is 1.45. The molecule has 4 rings (SSSR count). The predicted molar refractivity (Wildman–Crippen MR) is 140 cm³/mol. The summed E-state index contributed by atoms with van der Waals surface area (Å²) in [5.74, 6) is 0. The average molecular weight is 565 g/mol. The van der Waals surface area contributed by atoms with Crippen LogP contribution in [0.25, 0.3) is 0 Å². The summed E-state index contributed by atoms with van der Waals surface area (Å²) in [6.07, 6.45) is -7.99. The fourth-order valence-corrected chi connectivity index (χ4v) is 5.17. The molecule has 0 spiro atoms. The van der Waals surface area contributed by atoms with Gasteiger partial charge >= 0.3 is 18.4 Å². The van der Waals surface area contributed by atoms with E-state index in [9.17, 15) is 36.2 Å². The van der Waals surface area contributed by atoms with Crippen LogP contribution in [0.1, 0.15) is 58.7 Å². The Labute approximate surface area is 228 Å².